The summed E-state index contributed by atoms with van der Waals surface area (Å²) in [6.45, 7) is 0. The number of carbonyl (C=O) groups is 1. The predicted molar refractivity (Wildman–Crippen MR) is 66.2 cm³/mol. The Labute approximate surface area is 118 Å². The van der Waals surface area contributed by atoms with Crippen LogP contribution in [0.3, 0.4) is 0 Å². The van der Waals surface area contributed by atoms with Crippen LogP contribution in [0.2, 0.25) is 0 Å². The highest BCUT2D eigenvalue weighted by molar-refractivity contribution is 5.99. The normalized spacial score (nSPS) is 25.9. The van der Waals surface area contributed by atoms with E-state index in [9.17, 15) is 23.1 Å². The number of hydrogen-bond donors (Lipinski definition) is 1. The third-order valence-electron chi connectivity index (χ3n) is 3.63. The summed E-state index contributed by atoms with van der Waals surface area (Å²) in [7, 11) is 0. The van der Waals surface area contributed by atoms with E-state index in [1.54, 1.807) is 0 Å². The molecule has 2 aliphatic rings. The molecule has 1 atom stereocenters. The van der Waals surface area contributed by atoms with Crippen LogP contribution in [-0.4, -0.2) is 38.6 Å². The molecule has 1 aliphatic heterocycles. The van der Waals surface area contributed by atoms with Crippen molar-refractivity contribution in [3.8, 4) is 0 Å². The number of hydrogen-bond acceptors (Lipinski definition) is 4. The molecular weight excluding hydrogens is 287 g/mol. The van der Waals surface area contributed by atoms with Crippen molar-refractivity contribution in [2.45, 2.75) is 31.2 Å². The zero-order valence-electron chi connectivity index (χ0n) is 10.8. The topological polar surface area (TPSA) is 65.8 Å². The van der Waals surface area contributed by atoms with E-state index in [-0.39, 0.29) is 22.2 Å². The number of aliphatic hydroxyl groups is 1. The zero-order valence-corrected chi connectivity index (χ0v) is 10.8. The molecule has 0 bridgehead atoms. The van der Waals surface area contributed by atoms with Crippen molar-refractivity contribution >= 4 is 11.6 Å². The predicted octanol–water partition coefficient (Wildman–Crippen LogP) is 1.94. The number of amides is 1. The van der Waals surface area contributed by atoms with Crippen molar-refractivity contribution in [2.24, 2.45) is 11.0 Å². The van der Waals surface area contributed by atoms with E-state index in [0.29, 0.717) is 0 Å². The molecule has 2 heterocycles. The minimum Gasteiger partial charge on any atom is -0.362 e. The van der Waals surface area contributed by atoms with Crippen LogP contribution in [0.15, 0.2) is 29.6 Å². The van der Waals surface area contributed by atoms with Crippen LogP contribution in [-0.2, 0) is 0 Å². The van der Waals surface area contributed by atoms with Crippen LogP contribution in [0.25, 0.3) is 0 Å². The van der Waals surface area contributed by atoms with Crippen molar-refractivity contribution in [2.75, 3.05) is 0 Å². The minimum absolute atomic E-state index is 0.00604. The van der Waals surface area contributed by atoms with Gasteiger partial charge in [-0.1, -0.05) is 0 Å². The summed E-state index contributed by atoms with van der Waals surface area (Å²) < 4.78 is 39.6. The highest BCUT2D eigenvalue weighted by Gasteiger charge is 2.64. The highest BCUT2D eigenvalue weighted by atomic mass is 19.4. The van der Waals surface area contributed by atoms with Crippen molar-refractivity contribution in [1.82, 2.24) is 9.99 Å². The first-order valence-corrected chi connectivity index (χ1v) is 6.44. The lowest BCUT2D eigenvalue weighted by Crippen LogP contribution is -2.56. The standard InChI is InChI=1S/C13H12F3N3O2/c14-13(15,16)12(21)7-10(8-1-2-8)18-19(12)11(20)9-3-5-17-6-4-9/h3-6,8,21H,1-2,7H2/t12-/m1/s1. The Bertz CT molecular complexity index is 598. The molecule has 1 fully saturated rings. The molecule has 1 aromatic rings. The second kappa shape index (κ2) is 4.52. The van der Waals surface area contributed by atoms with Crippen molar-refractivity contribution in [1.29, 1.82) is 0 Å². The molecule has 1 aliphatic carbocycles. The Hall–Kier alpha value is -1.96. The number of hydrazone groups is 1. The summed E-state index contributed by atoms with van der Waals surface area (Å²) >= 11 is 0. The lowest BCUT2D eigenvalue weighted by atomic mass is 10.0. The Morgan fingerprint density at radius 3 is 2.48 bits per heavy atom. The number of carbonyl (C=O) groups excluding carboxylic acids is 1. The Morgan fingerprint density at radius 2 is 1.95 bits per heavy atom. The first-order chi connectivity index (χ1) is 9.83. The lowest BCUT2D eigenvalue weighted by Gasteiger charge is -2.32. The maximum absolute atomic E-state index is 13.2. The largest absolute Gasteiger partial charge is 0.438 e. The average Bonchev–Trinajstić information content (AvgIpc) is 3.22. The summed E-state index contributed by atoms with van der Waals surface area (Å²) in [5.41, 5.74) is -3.05. The molecule has 1 amide bonds. The molecule has 8 heteroatoms. The first-order valence-electron chi connectivity index (χ1n) is 6.44. The van der Waals surface area contributed by atoms with Crippen LogP contribution < -0.4 is 0 Å². The van der Waals surface area contributed by atoms with E-state index in [1.165, 1.54) is 24.5 Å². The monoisotopic (exact) mass is 299 g/mol. The molecule has 112 valence electrons. The van der Waals surface area contributed by atoms with E-state index in [2.05, 4.69) is 10.1 Å². The molecule has 1 aromatic heterocycles. The van der Waals surface area contributed by atoms with Crippen LogP contribution in [0.5, 0.6) is 0 Å². The second-order valence-corrected chi connectivity index (χ2v) is 5.21. The van der Waals surface area contributed by atoms with Crippen molar-refractivity contribution in [3.63, 3.8) is 0 Å². The summed E-state index contributed by atoms with van der Waals surface area (Å²) in [5.74, 6) is -1.05. The smallest absolute Gasteiger partial charge is 0.362 e. The zero-order chi connectivity index (χ0) is 15.3. The summed E-state index contributed by atoms with van der Waals surface area (Å²) in [6.07, 6.45) is -1.59. The Kier molecular flexibility index (Phi) is 3.01. The van der Waals surface area contributed by atoms with Crippen LogP contribution in [0, 0.1) is 5.92 Å². The molecule has 0 unspecified atom stereocenters. The number of rotatable bonds is 2. The number of nitrogens with zero attached hydrogens (tertiary/aromatic N) is 3. The van der Waals surface area contributed by atoms with Gasteiger partial charge in [0.15, 0.2) is 0 Å². The van der Waals surface area contributed by atoms with E-state index in [0.717, 1.165) is 12.8 Å². The fourth-order valence-electron chi connectivity index (χ4n) is 2.27. The van der Waals surface area contributed by atoms with Gasteiger partial charge >= 0.3 is 6.18 Å². The van der Waals surface area contributed by atoms with Gasteiger partial charge in [0.2, 0.25) is 0 Å². The lowest BCUT2D eigenvalue weighted by molar-refractivity contribution is -0.297. The van der Waals surface area contributed by atoms with E-state index in [1.807, 2.05) is 0 Å². The third-order valence-corrected chi connectivity index (χ3v) is 3.63. The first kappa shape index (κ1) is 14.0. The summed E-state index contributed by atoms with van der Waals surface area (Å²) in [6, 6.07) is 2.56. The second-order valence-electron chi connectivity index (χ2n) is 5.21. The average molecular weight is 299 g/mol. The summed E-state index contributed by atoms with van der Waals surface area (Å²) in [4.78, 5) is 15.9. The number of pyridine rings is 1. The van der Waals surface area contributed by atoms with Gasteiger partial charge in [0.1, 0.15) is 0 Å². The van der Waals surface area contributed by atoms with Gasteiger partial charge in [-0.3, -0.25) is 9.78 Å². The molecule has 0 aromatic carbocycles. The highest BCUT2D eigenvalue weighted by Crippen LogP contribution is 2.45. The number of alkyl halides is 3. The van der Waals surface area contributed by atoms with Crippen LogP contribution in [0.4, 0.5) is 13.2 Å². The Morgan fingerprint density at radius 1 is 1.33 bits per heavy atom. The molecule has 1 saturated carbocycles. The quantitative estimate of drug-likeness (QED) is 0.907. The van der Waals surface area contributed by atoms with Gasteiger partial charge in [0, 0.05) is 30.1 Å². The molecule has 5 nitrogen and oxygen atoms in total. The Balaban J connectivity index is 1.97. The van der Waals surface area contributed by atoms with Gasteiger partial charge in [0.05, 0.1) is 0 Å². The van der Waals surface area contributed by atoms with E-state index in [4.69, 9.17) is 0 Å². The van der Waals surface area contributed by atoms with Gasteiger partial charge in [0.25, 0.3) is 11.6 Å². The van der Waals surface area contributed by atoms with E-state index < -0.39 is 24.2 Å². The molecule has 3 rings (SSSR count). The fourth-order valence-corrected chi connectivity index (χ4v) is 2.27. The summed E-state index contributed by atoms with van der Waals surface area (Å²) in [5, 5.41) is 13.9. The molecule has 21 heavy (non-hydrogen) atoms. The van der Waals surface area contributed by atoms with Gasteiger partial charge < -0.3 is 5.11 Å². The molecular formula is C13H12F3N3O2. The maximum atomic E-state index is 13.2. The SMILES string of the molecule is O=C(c1ccncc1)N1N=C(C2CC2)C[C@@]1(O)C(F)(F)F. The number of aromatic nitrogens is 1. The third kappa shape index (κ3) is 2.29. The van der Waals surface area contributed by atoms with Gasteiger partial charge in [-0.2, -0.15) is 23.3 Å². The molecule has 0 saturated heterocycles. The van der Waals surface area contributed by atoms with Gasteiger partial charge in [-0.05, 0) is 30.9 Å². The molecule has 1 N–H and O–H groups in total. The van der Waals surface area contributed by atoms with Gasteiger partial charge in [-0.25, -0.2) is 0 Å². The maximum Gasteiger partial charge on any atom is 0.438 e. The molecule has 0 spiro atoms. The van der Waals surface area contributed by atoms with Gasteiger partial charge in [-0.15, -0.1) is 0 Å². The molecule has 0 radical (unpaired) electrons. The minimum atomic E-state index is -4.98. The fraction of sp³-hybridized carbons (Fsp3) is 0.462. The van der Waals surface area contributed by atoms with Crippen molar-refractivity contribution < 1.29 is 23.1 Å². The van der Waals surface area contributed by atoms with E-state index >= 15 is 0 Å². The van der Waals surface area contributed by atoms with Crippen LogP contribution in [0.1, 0.15) is 29.6 Å². The number of halogens is 3. The van der Waals surface area contributed by atoms with Crippen LogP contribution >= 0.6 is 0 Å². The van der Waals surface area contributed by atoms with Crippen molar-refractivity contribution in [3.05, 3.63) is 30.1 Å².